The van der Waals surface area contributed by atoms with Gasteiger partial charge in [0.25, 0.3) is 0 Å². The van der Waals surface area contributed by atoms with Gasteiger partial charge in [-0.15, -0.1) is 0 Å². The molecule has 0 aromatic carbocycles. The van der Waals surface area contributed by atoms with Crippen molar-refractivity contribution >= 4 is 11.9 Å². The molecule has 1 aliphatic carbocycles. The van der Waals surface area contributed by atoms with E-state index in [1.165, 1.54) is 11.3 Å². The van der Waals surface area contributed by atoms with Crippen molar-refractivity contribution in [1.82, 2.24) is 4.90 Å². The van der Waals surface area contributed by atoms with Crippen LogP contribution in [0.4, 0.5) is 0 Å². The van der Waals surface area contributed by atoms with Crippen LogP contribution in [0.2, 0.25) is 0 Å². The van der Waals surface area contributed by atoms with E-state index in [1.54, 1.807) is 7.05 Å². The summed E-state index contributed by atoms with van der Waals surface area (Å²) < 4.78 is 0. The number of nitrogens with zero attached hydrogens (tertiary/aromatic N) is 1. The summed E-state index contributed by atoms with van der Waals surface area (Å²) in [6.07, 6.45) is 4.08. The Hall–Kier alpha value is -1.06. The second kappa shape index (κ2) is 5.14. The Balaban J connectivity index is 2.47. The number of hydrogen-bond donors (Lipinski definition) is 1. The molecule has 0 heterocycles. The molecule has 1 aliphatic rings. The molecule has 1 saturated carbocycles. The summed E-state index contributed by atoms with van der Waals surface area (Å²) in [6.45, 7) is 1.96. The molecule has 86 valence electrons. The van der Waals surface area contributed by atoms with E-state index in [9.17, 15) is 9.59 Å². The van der Waals surface area contributed by atoms with Crippen molar-refractivity contribution < 1.29 is 14.7 Å². The third-order valence-electron chi connectivity index (χ3n) is 3.03. The molecule has 0 bridgehead atoms. The minimum Gasteiger partial charge on any atom is -0.480 e. The molecule has 1 amide bonds. The summed E-state index contributed by atoms with van der Waals surface area (Å²) in [5.41, 5.74) is 0. The molecule has 0 spiro atoms. The average molecular weight is 213 g/mol. The van der Waals surface area contributed by atoms with Gasteiger partial charge in [0.05, 0.1) is 0 Å². The van der Waals surface area contributed by atoms with Crippen LogP contribution in [0.25, 0.3) is 0 Å². The van der Waals surface area contributed by atoms with Gasteiger partial charge >= 0.3 is 5.97 Å². The fourth-order valence-corrected chi connectivity index (χ4v) is 2.25. The van der Waals surface area contributed by atoms with Gasteiger partial charge in [-0.25, -0.2) is 0 Å². The summed E-state index contributed by atoms with van der Waals surface area (Å²) in [5.74, 6) is -0.331. The molecule has 4 nitrogen and oxygen atoms in total. The van der Waals surface area contributed by atoms with Gasteiger partial charge in [0.2, 0.25) is 5.91 Å². The number of aliphatic carboxylic acids is 1. The second-order valence-corrected chi connectivity index (χ2v) is 4.56. The molecule has 1 N–H and O–H groups in total. The third-order valence-corrected chi connectivity index (χ3v) is 3.03. The maximum absolute atomic E-state index is 11.8. The van der Waals surface area contributed by atoms with Gasteiger partial charge in [0.15, 0.2) is 0 Å². The normalized spacial score (nSPS) is 26.0. The van der Waals surface area contributed by atoms with Crippen LogP contribution >= 0.6 is 0 Å². The van der Waals surface area contributed by atoms with Crippen LogP contribution in [0, 0.1) is 11.8 Å². The van der Waals surface area contributed by atoms with Crippen LogP contribution in [-0.4, -0.2) is 35.5 Å². The largest absolute Gasteiger partial charge is 0.480 e. The highest BCUT2D eigenvalue weighted by Crippen LogP contribution is 2.29. The molecule has 0 aromatic heterocycles. The monoisotopic (exact) mass is 213 g/mol. The molecule has 1 fully saturated rings. The van der Waals surface area contributed by atoms with Crippen LogP contribution in [0.5, 0.6) is 0 Å². The van der Waals surface area contributed by atoms with Gasteiger partial charge in [0.1, 0.15) is 6.54 Å². The lowest BCUT2D eigenvalue weighted by Gasteiger charge is -2.28. The fraction of sp³-hybridized carbons (Fsp3) is 0.818. The number of carboxylic acids is 1. The number of carbonyl (C=O) groups excluding carboxylic acids is 1. The summed E-state index contributed by atoms with van der Waals surface area (Å²) in [5, 5.41) is 8.59. The summed E-state index contributed by atoms with van der Waals surface area (Å²) in [7, 11) is 1.57. The Morgan fingerprint density at radius 3 is 2.60 bits per heavy atom. The van der Waals surface area contributed by atoms with Gasteiger partial charge in [-0.1, -0.05) is 19.8 Å². The van der Waals surface area contributed by atoms with Crippen molar-refractivity contribution in [3.05, 3.63) is 0 Å². The number of hydrogen-bond acceptors (Lipinski definition) is 2. The number of likely N-dealkylation sites (N-methyl/N-ethyl adjacent to an activating group) is 1. The maximum Gasteiger partial charge on any atom is 0.323 e. The van der Waals surface area contributed by atoms with E-state index in [0.717, 1.165) is 19.3 Å². The average Bonchev–Trinajstić information content (AvgIpc) is 2.15. The highest BCUT2D eigenvalue weighted by molar-refractivity contribution is 5.82. The molecule has 0 aromatic rings. The first kappa shape index (κ1) is 12.0. The zero-order valence-corrected chi connectivity index (χ0v) is 9.40. The molecule has 15 heavy (non-hydrogen) atoms. The number of rotatable bonds is 3. The molecule has 0 aliphatic heterocycles. The summed E-state index contributed by atoms with van der Waals surface area (Å²) in [6, 6.07) is 0. The molecular formula is C11H19NO3. The van der Waals surface area contributed by atoms with E-state index in [1.807, 2.05) is 0 Å². The predicted octanol–water partition coefficient (Wildman–Crippen LogP) is 1.36. The Bertz CT molecular complexity index is 252. The van der Waals surface area contributed by atoms with Gasteiger partial charge in [0, 0.05) is 13.0 Å². The Morgan fingerprint density at radius 2 is 2.07 bits per heavy atom. The Kier molecular flexibility index (Phi) is 4.12. The summed E-state index contributed by atoms with van der Waals surface area (Å²) >= 11 is 0. The van der Waals surface area contributed by atoms with Crippen LogP contribution in [-0.2, 0) is 9.59 Å². The minimum atomic E-state index is -0.949. The Morgan fingerprint density at radius 1 is 1.40 bits per heavy atom. The van der Waals surface area contributed by atoms with Crippen molar-refractivity contribution in [2.24, 2.45) is 11.8 Å². The zero-order valence-electron chi connectivity index (χ0n) is 9.40. The predicted molar refractivity (Wildman–Crippen MR) is 56.4 cm³/mol. The number of carboxylic acid groups (broad SMARTS) is 1. The van der Waals surface area contributed by atoms with E-state index >= 15 is 0 Å². The van der Waals surface area contributed by atoms with Gasteiger partial charge in [-0.05, 0) is 18.8 Å². The lowest BCUT2D eigenvalue weighted by Crippen LogP contribution is -2.38. The smallest absolute Gasteiger partial charge is 0.323 e. The second-order valence-electron chi connectivity index (χ2n) is 4.56. The van der Waals surface area contributed by atoms with Crippen LogP contribution in [0.1, 0.15) is 32.6 Å². The first-order valence-electron chi connectivity index (χ1n) is 5.47. The molecular weight excluding hydrogens is 194 g/mol. The highest BCUT2D eigenvalue weighted by Gasteiger charge is 2.27. The lowest BCUT2D eigenvalue weighted by atomic mass is 9.82. The summed E-state index contributed by atoms with van der Waals surface area (Å²) in [4.78, 5) is 23.6. The van der Waals surface area contributed by atoms with Crippen molar-refractivity contribution in [3.63, 3.8) is 0 Å². The lowest BCUT2D eigenvalue weighted by molar-refractivity contribution is -0.145. The van der Waals surface area contributed by atoms with Gasteiger partial charge < -0.3 is 10.0 Å². The van der Waals surface area contributed by atoms with Crippen LogP contribution in [0.15, 0.2) is 0 Å². The Labute approximate surface area is 90.3 Å². The van der Waals surface area contributed by atoms with Crippen molar-refractivity contribution in [2.75, 3.05) is 13.6 Å². The van der Waals surface area contributed by atoms with E-state index in [-0.39, 0.29) is 18.4 Å². The topological polar surface area (TPSA) is 57.6 Å². The SMILES string of the molecule is CC1CCCC(C(=O)N(C)CC(=O)O)C1. The van der Waals surface area contributed by atoms with Crippen molar-refractivity contribution in [2.45, 2.75) is 32.6 Å². The third kappa shape index (κ3) is 3.53. The first-order chi connectivity index (χ1) is 7.00. The molecule has 0 radical (unpaired) electrons. The van der Waals surface area contributed by atoms with Crippen LogP contribution < -0.4 is 0 Å². The molecule has 0 saturated heterocycles. The van der Waals surface area contributed by atoms with E-state index < -0.39 is 5.97 Å². The fourth-order valence-electron chi connectivity index (χ4n) is 2.25. The highest BCUT2D eigenvalue weighted by atomic mass is 16.4. The zero-order chi connectivity index (χ0) is 11.4. The van der Waals surface area contributed by atoms with Gasteiger partial charge in [-0.3, -0.25) is 9.59 Å². The standard InChI is InChI=1S/C11H19NO3/c1-8-4-3-5-9(6-8)11(15)12(2)7-10(13)14/h8-9H,3-7H2,1-2H3,(H,13,14). The van der Waals surface area contributed by atoms with E-state index in [4.69, 9.17) is 5.11 Å². The molecule has 4 heteroatoms. The quantitative estimate of drug-likeness (QED) is 0.770. The molecule has 2 atom stereocenters. The first-order valence-corrected chi connectivity index (χ1v) is 5.47. The van der Waals surface area contributed by atoms with Crippen LogP contribution in [0.3, 0.4) is 0 Å². The van der Waals surface area contributed by atoms with Gasteiger partial charge in [-0.2, -0.15) is 0 Å². The number of amides is 1. The molecule has 1 rings (SSSR count). The van der Waals surface area contributed by atoms with Crippen molar-refractivity contribution in [1.29, 1.82) is 0 Å². The number of carbonyl (C=O) groups is 2. The van der Waals surface area contributed by atoms with E-state index in [2.05, 4.69) is 6.92 Å². The van der Waals surface area contributed by atoms with E-state index in [0.29, 0.717) is 5.92 Å². The minimum absolute atomic E-state index is 0.0102. The van der Waals surface area contributed by atoms with Crippen molar-refractivity contribution in [3.8, 4) is 0 Å². The molecule has 2 unspecified atom stereocenters. The maximum atomic E-state index is 11.8.